The molecule has 0 radical (unpaired) electrons. The molecule has 0 N–H and O–H groups in total. The van der Waals surface area contributed by atoms with Crippen molar-refractivity contribution < 1.29 is 4.79 Å². The molecule has 3 heteroatoms. The second-order valence-electron chi connectivity index (χ2n) is 9.08. The number of rotatable bonds is 6. The minimum atomic E-state index is 0.159. The van der Waals surface area contributed by atoms with Crippen molar-refractivity contribution in [2.45, 2.75) is 33.6 Å². The highest BCUT2D eigenvalue weighted by atomic mass is 16.2. The number of hydrogen-bond donors (Lipinski definition) is 0. The smallest absolute Gasteiger partial charge is 0.254 e. The summed E-state index contributed by atoms with van der Waals surface area (Å²) in [4.78, 5) is 18.2. The summed E-state index contributed by atoms with van der Waals surface area (Å²) >= 11 is 0. The van der Waals surface area contributed by atoms with Crippen molar-refractivity contribution in [1.29, 1.82) is 0 Å². The first-order chi connectivity index (χ1) is 16.0. The van der Waals surface area contributed by atoms with Crippen LogP contribution in [-0.4, -0.2) is 37.0 Å². The summed E-state index contributed by atoms with van der Waals surface area (Å²) in [6.07, 6.45) is 1.89. The molecule has 33 heavy (non-hydrogen) atoms. The second-order valence-corrected chi connectivity index (χ2v) is 9.08. The van der Waals surface area contributed by atoms with Crippen LogP contribution in [0.3, 0.4) is 0 Å². The van der Waals surface area contributed by atoms with Gasteiger partial charge in [0.25, 0.3) is 5.91 Å². The van der Waals surface area contributed by atoms with E-state index in [-0.39, 0.29) is 5.91 Å². The first-order valence-electron chi connectivity index (χ1n) is 11.9. The van der Waals surface area contributed by atoms with Crippen molar-refractivity contribution in [2.24, 2.45) is 0 Å². The van der Waals surface area contributed by atoms with Gasteiger partial charge >= 0.3 is 0 Å². The van der Waals surface area contributed by atoms with Gasteiger partial charge in [0, 0.05) is 37.4 Å². The van der Waals surface area contributed by atoms with Crippen LogP contribution < -0.4 is 4.90 Å². The van der Waals surface area contributed by atoms with E-state index in [0.29, 0.717) is 0 Å². The van der Waals surface area contributed by atoms with E-state index in [2.05, 4.69) is 98.5 Å². The Kier molecular flexibility index (Phi) is 7.29. The standard InChI is InChI=1S/C30H34N2O/c1-23(2)29(27-15-9-8-14-26(27)18-17-25-12-5-4-6-13-25)30(33)32-21-19-31(20-22-32)28-16-10-7-11-24(28)3/h4-16H,17-22H2,1-3H3. The molecule has 3 nitrogen and oxygen atoms in total. The van der Waals surface area contributed by atoms with Crippen LogP contribution in [0.2, 0.25) is 0 Å². The van der Waals surface area contributed by atoms with E-state index in [0.717, 1.165) is 55.7 Å². The highest BCUT2D eigenvalue weighted by Crippen LogP contribution is 2.28. The summed E-state index contributed by atoms with van der Waals surface area (Å²) in [5, 5.41) is 0. The average molecular weight is 439 g/mol. The van der Waals surface area contributed by atoms with Gasteiger partial charge in [0.15, 0.2) is 0 Å². The molecule has 0 bridgehead atoms. The Morgan fingerprint density at radius 1 is 0.758 bits per heavy atom. The van der Waals surface area contributed by atoms with Crippen molar-refractivity contribution in [3.05, 3.63) is 107 Å². The van der Waals surface area contributed by atoms with Gasteiger partial charge in [0.1, 0.15) is 0 Å². The largest absolute Gasteiger partial charge is 0.368 e. The van der Waals surface area contributed by atoms with Crippen molar-refractivity contribution >= 4 is 17.2 Å². The Hall–Kier alpha value is -3.33. The molecule has 0 aliphatic carbocycles. The molecule has 3 aromatic rings. The van der Waals surface area contributed by atoms with Gasteiger partial charge in [0.05, 0.1) is 0 Å². The molecule has 1 aliphatic heterocycles. The number of aryl methyl sites for hydroxylation is 3. The fraction of sp³-hybridized carbons (Fsp3) is 0.300. The van der Waals surface area contributed by atoms with Crippen LogP contribution in [0.15, 0.2) is 84.4 Å². The molecular formula is C30H34N2O. The van der Waals surface area contributed by atoms with E-state index in [1.807, 2.05) is 11.0 Å². The van der Waals surface area contributed by atoms with Gasteiger partial charge in [-0.25, -0.2) is 0 Å². The predicted molar refractivity (Wildman–Crippen MR) is 139 cm³/mol. The molecule has 1 amide bonds. The molecule has 170 valence electrons. The monoisotopic (exact) mass is 438 g/mol. The summed E-state index contributed by atoms with van der Waals surface area (Å²) in [6.45, 7) is 9.49. The van der Waals surface area contributed by atoms with Crippen molar-refractivity contribution in [2.75, 3.05) is 31.1 Å². The fourth-order valence-corrected chi connectivity index (χ4v) is 4.73. The van der Waals surface area contributed by atoms with E-state index in [4.69, 9.17) is 0 Å². The summed E-state index contributed by atoms with van der Waals surface area (Å²) in [7, 11) is 0. The number of carbonyl (C=O) groups is 1. The maximum atomic E-state index is 13.7. The van der Waals surface area contributed by atoms with Crippen LogP contribution in [-0.2, 0) is 17.6 Å². The molecule has 1 fully saturated rings. The summed E-state index contributed by atoms with van der Waals surface area (Å²) < 4.78 is 0. The van der Waals surface area contributed by atoms with Crippen LogP contribution in [0.25, 0.3) is 5.57 Å². The number of benzene rings is 3. The topological polar surface area (TPSA) is 23.6 Å². The highest BCUT2D eigenvalue weighted by molar-refractivity contribution is 6.20. The Bertz CT molecular complexity index is 1120. The number of hydrogen-bond acceptors (Lipinski definition) is 2. The fourth-order valence-electron chi connectivity index (χ4n) is 4.73. The quantitative estimate of drug-likeness (QED) is 0.446. The summed E-state index contributed by atoms with van der Waals surface area (Å²) in [5.74, 6) is 0.159. The lowest BCUT2D eigenvalue weighted by atomic mass is 9.92. The lowest BCUT2D eigenvalue weighted by molar-refractivity contribution is -0.125. The molecular weight excluding hydrogens is 404 g/mol. The van der Waals surface area contributed by atoms with Crippen LogP contribution >= 0.6 is 0 Å². The van der Waals surface area contributed by atoms with E-state index >= 15 is 0 Å². The van der Waals surface area contributed by atoms with E-state index in [1.54, 1.807) is 0 Å². The molecule has 0 aromatic heterocycles. The lowest BCUT2D eigenvalue weighted by Gasteiger charge is -2.37. The Morgan fingerprint density at radius 3 is 2.09 bits per heavy atom. The first kappa shape index (κ1) is 22.8. The van der Waals surface area contributed by atoms with Crippen LogP contribution in [0, 0.1) is 6.92 Å². The van der Waals surface area contributed by atoms with Gasteiger partial charge < -0.3 is 9.80 Å². The van der Waals surface area contributed by atoms with Crippen LogP contribution in [0.4, 0.5) is 5.69 Å². The zero-order valence-corrected chi connectivity index (χ0v) is 20.1. The third-order valence-electron chi connectivity index (χ3n) is 6.55. The zero-order valence-electron chi connectivity index (χ0n) is 20.1. The predicted octanol–water partition coefficient (Wildman–Crippen LogP) is 5.92. The van der Waals surface area contributed by atoms with Gasteiger partial charge in [0.2, 0.25) is 0 Å². The van der Waals surface area contributed by atoms with Crippen molar-refractivity contribution in [3.8, 4) is 0 Å². The van der Waals surface area contributed by atoms with Gasteiger partial charge in [-0.1, -0.05) is 78.4 Å². The number of carbonyl (C=O) groups excluding carboxylic acids is 1. The molecule has 0 unspecified atom stereocenters. The number of nitrogens with zero attached hydrogens (tertiary/aromatic N) is 2. The Morgan fingerprint density at radius 2 is 1.39 bits per heavy atom. The Balaban J connectivity index is 1.50. The molecule has 0 saturated carbocycles. The minimum absolute atomic E-state index is 0.159. The van der Waals surface area contributed by atoms with Gasteiger partial charge in [-0.05, 0) is 61.9 Å². The van der Waals surface area contributed by atoms with E-state index in [1.165, 1.54) is 22.4 Å². The SMILES string of the molecule is CC(C)=C(C(=O)N1CCN(c2ccccc2C)CC1)c1ccccc1CCc1ccccc1. The number of para-hydroxylation sites is 1. The molecule has 3 aromatic carbocycles. The van der Waals surface area contributed by atoms with Crippen LogP contribution in [0.5, 0.6) is 0 Å². The molecule has 0 atom stereocenters. The highest BCUT2D eigenvalue weighted by Gasteiger charge is 2.26. The number of allylic oxidation sites excluding steroid dienone is 1. The van der Waals surface area contributed by atoms with Crippen molar-refractivity contribution in [3.63, 3.8) is 0 Å². The molecule has 1 heterocycles. The molecule has 0 spiro atoms. The first-order valence-corrected chi connectivity index (χ1v) is 11.9. The maximum Gasteiger partial charge on any atom is 0.254 e. The van der Waals surface area contributed by atoms with Gasteiger partial charge in [-0.2, -0.15) is 0 Å². The van der Waals surface area contributed by atoms with Gasteiger partial charge in [-0.15, -0.1) is 0 Å². The minimum Gasteiger partial charge on any atom is -0.368 e. The zero-order chi connectivity index (χ0) is 23.2. The average Bonchev–Trinajstić information content (AvgIpc) is 2.84. The maximum absolute atomic E-state index is 13.7. The normalized spacial score (nSPS) is 13.7. The van der Waals surface area contributed by atoms with Crippen LogP contribution in [0.1, 0.15) is 36.1 Å². The van der Waals surface area contributed by atoms with E-state index in [9.17, 15) is 4.79 Å². The van der Waals surface area contributed by atoms with Crippen molar-refractivity contribution in [1.82, 2.24) is 4.90 Å². The number of piperazine rings is 1. The number of amides is 1. The Labute approximate surface area is 198 Å². The molecule has 4 rings (SSSR count). The summed E-state index contributed by atoms with van der Waals surface area (Å²) in [5.41, 5.74) is 8.15. The van der Waals surface area contributed by atoms with Gasteiger partial charge in [-0.3, -0.25) is 4.79 Å². The molecule has 1 aliphatic rings. The third kappa shape index (κ3) is 5.36. The molecule has 1 saturated heterocycles. The lowest BCUT2D eigenvalue weighted by Crippen LogP contribution is -2.49. The third-order valence-corrected chi connectivity index (χ3v) is 6.55. The number of anilines is 1. The summed E-state index contributed by atoms with van der Waals surface area (Å²) in [6, 6.07) is 27.5. The second kappa shape index (κ2) is 10.5. The van der Waals surface area contributed by atoms with E-state index < -0.39 is 0 Å².